The topological polar surface area (TPSA) is 184 Å². The van der Waals surface area contributed by atoms with E-state index in [2.05, 4.69) is 20.0 Å². The first-order valence-corrected chi connectivity index (χ1v) is 13.7. The summed E-state index contributed by atoms with van der Waals surface area (Å²) in [6, 6.07) is 8.17. The van der Waals surface area contributed by atoms with Gasteiger partial charge in [0.1, 0.15) is 18.4 Å². The Morgan fingerprint density at radius 1 is 1.35 bits per heavy atom. The molecule has 1 fully saturated rings. The molecule has 1 aromatic carbocycles. The van der Waals surface area contributed by atoms with E-state index in [1.807, 2.05) is 18.2 Å². The van der Waals surface area contributed by atoms with Crippen LogP contribution < -0.4 is 16.4 Å². The number of imidazole rings is 1. The molecule has 0 radical (unpaired) electrons. The van der Waals surface area contributed by atoms with E-state index < -0.39 is 43.5 Å². The number of esters is 1. The van der Waals surface area contributed by atoms with Crippen molar-refractivity contribution in [1.29, 1.82) is 0 Å². The predicted molar refractivity (Wildman–Crippen MR) is 135 cm³/mol. The third kappa shape index (κ3) is 6.43. The van der Waals surface area contributed by atoms with Crippen molar-refractivity contribution in [2.75, 3.05) is 12.3 Å². The number of ether oxygens (including phenoxy) is 2. The van der Waals surface area contributed by atoms with E-state index in [1.165, 1.54) is 10.9 Å². The number of fused-ring (bicyclic) bond motifs is 1. The summed E-state index contributed by atoms with van der Waals surface area (Å²) >= 11 is 0. The smallest absolute Gasteiger partial charge is 0.323 e. The Morgan fingerprint density at radius 3 is 2.78 bits per heavy atom. The molecule has 37 heavy (non-hydrogen) atoms. The van der Waals surface area contributed by atoms with E-state index in [0.29, 0.717) is 0 Å². The van der Waals surface area contributed by atoms with E-state index >= 15 is 0 Å². The summed E-state index contributed by atoms with van der Waals surface area (Å²) in [4.78, 5) is 35.0. The molecule has 2 unspecified atom stereocenters. The molecule has 13 nitrogen and oxygen atoms in total. The molecule has 5 N–H and O–H groups in total. The van der Waals surface area contributed by atoms with Crippen molar-refractivity contribution in [3.05, 3.63) is 52.6 Å². The van der Waals surface area contributed by atoms with Crippen LogP contribution >= 0.6 is 7.52 Å². The number of nitrogen functional groups attached to an aromatic ring is 1. The van der Waals surface area contributed by atoms with Crippen LogP contribution in [-0.4, -0.2) is 61.6 Å². The number of H-pyrrole nitrogens is 1. The molecule has 1 aliphatic rings. The maximum absolute atomic E-state index is 13.9. The van der Waals surface area contributed by atoms with Crippen molar-refractivity contribution in [2.45, 2.75) is 63.9 Å². The zero-order valence-corrected chi connectivity index (χ0v) is 21.6. The number of carbonyl (C=O) groups excluding carboxylic acids is 1. The molecule has 0 amide bonds. The van der Waals surface area contributed by atoms with Crippen LogP contribution in [-0.2, 0) is 29.5 Å². The lowest BCUT2D eigenvalue weighted by Gasteiger charge is -2.25. The summed E-state index contributed by atoms with van der Waals surface area (Å²) in [6.07, 6.45) is -1.29. The Labute approximate surface area is 212 Å². The van der Waals surface area contributed by atoms with E-state index in [4.69, 9.17) is 19.7 Å². The molecule has 1 saturated heterocycles. The first-order chi connectivity index (χ1) is 17.5. The van der Waals surface area contributed by atoms with Crippen molar-refractivity contribution in [2.24, 2.45) is 0 Å². The summed E-state index contributed by atoms with van der Waals surface area (Å²) in [5, 5.41) is 13.5. The normalized spacial score (nSPS) is 22.2. The monoisotopic (exact) mass is 534 g/mol. The number of hydrogen-bond acceptors (Lipinski definition) is 10. The van der Waals surface area contributed by atoms with Crippen molar-refractivity contribution >= 4 is 30.6 Å². The molecular formula is C23H31N6O7P. The maximum atomic E-state index is 13.9. The summed E-state index contributed by atoms with van der Waals surface area (Å²) in [6.45, 7) is 4.78. The van der Waals surface area contributed by atoms with Gasteiger partial charge in [0.25, 0.3) is 13.1 Å². The van der Waals surface area contributed by atoms with Gasteiger partial charge in [-0.1, -0.05) is 30.3 Å². The molecule has 0 bridgehead atoms. The highest BCUT2D eigenvalue weighted by molar-refractivity contribution is 7.56. The minimum Gasteiger partial charge on any atom is -0.462 e. The Kier molecular flexibility index (Phi) is 8.10. The number of hydrogen-bond donors (Lipinski definition) is 4. The maximum Gasteiger partial charge on any atom is 0.323 e. The van der Waals surface area contributed by atoms with Gasteiger partial charge in [0.2, 0.25) is 5.95 Å². The second-order valence-corrected chi connectivity index (χ2v) is 11.3. The number of carbonyl (C=O) groups is 1. The second-order valence-electron chi connectivity index (χ2n) is 9.16. The van der Waals surface area contributed by atoms with Crippen LogP contribution in [0.4, 0.5) is 5.95 Å². The largest absolute Gasteiger partial charge is 0.462 e. The van der Waals surface area contributed by atoms with Gasteiger partial charge in [-0.15, -0.1) is 0 Å². The number of aliphatic hydroxyl groups is 1. The lowest BCUT2D eigenvalue weighted by atomic mass is 10.2. The van der Waals surface area contributed by atoms with Crippen LogP contribution in [0.15, 0.2) is 41.5 Å². The minimum absolute atomic E-state index is 0.0114. The van der Waals surface area contributed by atoms with Gasteiger partial charge in [0.05, 0.1) is 31.3 Å². The second kappa shape index (κ2) is 11.1. The first-order valence-electron chi connectivity index (χ1n) is 11.9. The fraction of sp³-hybridized carbons (Fsp3) is 0.478. The SMILES string of the molecule is CC(C)OC(=O)C(C)NP(=O)(Cc1ccccc1)OC[C@H]1O[C@@H](n2cnc3c(=O)[nH]c(N)nc32)C[C@H]1O. The summed E-state index contributed by atoms with van der Waals surface area (Å²) in [7, 11) is -3.64. The average molecular weight is 535 g/mol. The number of nitrogens with two attached hydrogens (primary N) is 1. The number of aliphatic hydroxyl groups excluding tert-OH is 1. The van der Waals surface area contributed by atoms with Gasteiger partial charge >= 0.3 is 5.97 Å². The highest BCUT2D eigenvalue weighted by Gasteiger charge is 2.38. The van der Waals surface area contributed by atoms with Crippen molar-refractivity contribution in [3.8, 4) is 0 Å². The van der Waals surface area contributed by atoms with Gasteiger partial charge in [0, 0.05) is 6.42 Å². The van der Waals surface area contributed by atoms with Gasteiger partial charge in [-0.3, -0.25) is 23.7 Å². The molecule has 0 saturated carbocycles. The Bertz CT molecular complexity index is 1340. The van der Waals surface area contributed by atoms with Crippen molar-refractivity contribution < 1.29 is 28.5 Å². The zero-order chi connectivity index (χ0) is 26.7. The molecule has 0 aliphatic carbocycles. The fourth-order valence-electron chi connectivity index (χ4n) is 4.02. The standard InChI is InChI=1S/C23H31N6O7P/c1-13(2)35-22(32)14(3)28-37(33,11-15-7-5-4-6-8-15)34-10-17-16(30)9-18(36-17)29-12-25-19-20(29)26-23(24)27-21(19)31/h4-8,12-14,16-18,30H,9-11H2,1-3H3,(H,28,33)(H3,24,26,27,31)/t14?,16-,17-,18-,37?/m1/s1. The molecule has 3 heterocycles. The van der Waals surface area contributed by atoms with Gasteiger partial charge in [-0.25, -0.2) is 10.1 Å². The van der Waals surface area contributed by atoms with E-state index in [-0.39, 0.29) is 42.4 Å². The number of rotatable bonds is 10. The van der Waals surface area contributed by atoms with Crippen LogP contribution in [0, 0.1) is 0 Å². The molecule has 5 atom stereocenters. The number of nitrogens with one attached hydrogen (secondary N) is 2. The Balaban J connectivity index is 1.48. The number of nitrogens with zero attached hydrogens (tertiary/aromatic N) is 3. The molecule has 2 aromatic heterocycles. The fourth-order valence-corrected chi connectivity index (χ4v) is 6.05. The van der Waals surface area contributed by atoms with Crippen molar-refractivity contribution in [1.82, 2.24) is 24.6 Å². The zero-order valence-electron chi connectivity index (χ0n) is 20.7. The highest BCUT2D eigenvalue weighted by atomic mass is 31.2. The number of benzene rings is 1. The molecule has 14 heteroatoms. The Morgan fingerprint density at radius 2 is 2.08 bits per heavy atom. The lowest BCUT2D eigenvalue weighted by molar-refractivity contribution is -0.149. The summed E-state index contributed by atoms with van der Waals surface area (Å²) in [5.41, 5.74) is 6.22. The predicted octanol–water partition coefficient (Wildman–Crippen LogP) is 1.69. The number of aromatic amines is 1. The van der Waals surface area contributed by atoms with Crippen LogP contribution in [0.1, 0.15) is 39.0 Å². The summed E-state index contributed by atoms with van der Waals surface area (Å²) in [5.74, 6) is -0.631. The quantitative estimate of drug-likeness (QED) is 0.219. The van der Waals surface area contributed by atoms with Gasteiger partial charge in [-0.2, -0.15) is 4.98 Å². The van der Waals surface area contributed by atoms with Gasteiger partial charge < -0.3 is 24.8 Å². The molecule has 200 valence electrons. The molecule has 1 aliphatic heterocycles. The first kappa shape index (κ1) is 27.0. The third-order valence-electron chi connectivity index (χ3n) is 5.74. The minimum atomic E-state index is -3.64. The van der Waals surface area contributed by atoms with E-state index in [1.54, 1.807) is 32.9 Å². The lowest BCUT2D eigenvalue weighted by Crippen LogP contribution is -2.36. The summed E-state index contributed by atoms with van der Waals surface area (Å²) < 4.78 is 32.4. The van der Waals surface area contributed by atoms with Crippen LogP contribution in [0.2, 0.25) is 0 Å². The van der Waals surface area contributed by atoms with E-state index in [9.17, 15) is 19.3 Å². The number of anilines is 1. The highest BCUT2D eigenvalue weighted by Crippen LogP contribution is 2.47. The third-order valence-corrected chi connectivity index (χ3v) is 7.87. The van der Waals surface area contributed by atoms with Gasteiger partial charge in [0.15, 0.2) is 11.2 Å². The Hall–Kier alpha value is -3.09. The van der Waals surface area contributed by atoms with Crippen LogP contribution in [0.3, 0.4) is 0 Å². The number of aromatic nitrogens is 4. The molecular weight excluding hydrogens is 503 g/mol. The van der Waals surface area contributed by atoms with Gasteiger partial charge in [-0.05, 0) is 26.3 Å². The van der Waals surface area contributed by atoms with E-state index in [0.717, 1.165) is 5.56 Å². The van der Waals surface area contributed by atoms with Crippen molar-refractivity contribution in [3.63, 3.8) is 0 Å². The average Bonchev–Trinajstić information content (AvgIpc) is 3.41. The van der Waals surface area contributed by atoms with Crippen LogP contribution in [0.25, 0.3) is 11.2 Å². The molecule has 3 aromatic rings. The van der Waals surface area contributed by atoms with Crippen LogP contribution in [0.5, 0.6) is 0 Å². The molecule has 0 spiro atoms. The molecule has 4 rings (SSSR count).